The van der Waals surface area contributed by atoms with Crippen LogP contribution in [0.3, 0.4) is 0 Å². The average molecular weight is 443 g/mol. The van der Waals surface area contributed by atoms with Crippen molar-refractivity contribution >= 4 is 0 Å². The lowest BCUT2D eigenvalue weighted by Crippen LogP contribution is -2.34. The minimum atomic E-state index is -0.0661. The molecule has 3 fully saturated rings. The summed E-state index contributed by atoms with van der Waals surface area (Å²) in [5, 5.41) is 0. The van der Waals surface area contributed by atoms with Crippen LogP contribution in [0.15, 0.2) is 18.2 Å². The fourth-order valence-corrected chi connectivity index (χ4v) is 7.59. The molecule has 1 aromatic carbocycles. The topological polar surface area (TPSA) is 9.23 Å². The van der Waals surface area contributed by atoms with Gasteiger partial charge in [-0.1, -0.05) is 64.4 Å². The zero-order chi connectivity index (χ0) is 22.3. The van der Waals surface area contributed by atoms with E-state index in [2.05, 4.69) is 6.92 Å². The summed E-state index contributed by atoms with van der Waals surface area (Å²) < 4.78 is 19.8. The van der Waals surface area contributed by atoms with Gasteiger partial charge in [0.25, 0.3) is 0 Å². The molecular weight excluding hydrogens is 395 g/mol. The van der Waals surface area contributed by atoms with Crippen LogP contribution in [0.1, 0.15) is 121 Å². The van der Waals surface area contributed by atoms with Gasteiger partial charge in [0.2, 0.25) is 0 Å². The fourth-order valence-electron chi connectivity index (χ4n) is 7.59. The van der Waals surface area contributed by atoms with Crippen molar-refractivity contribution in [1.29, 1.82) is 0 Å². The van der Waals surface area contributed by atoms with Crippen molar-refractivity contribution in [3.8, 4) is 5.75 Å². The van der Waals surface area contributed by atoms with Crippen LogP contribution in [0.25, 0.3) is 0 Å². The first-order valence-electron chi connectivity index (χ1n) is 14.0. The van der Waals surface area contributed by atoms with E-state index in [-0.39, 0.29) is 5.82 Å². The summed E-state index contributed by atoms with van der Waals surface area (Å²) in [6.45, 7) is 2.31. The van der Waals surface area contributed by atoms with Crippen LogP contribution in [0.4, 0.5) is 4.39 Å². The Morgan fingerprint density at radius 1 is 0.781 bits per heavy atom. The van der Waals surface area contributed by atoms with Crippen molar-refractivity contribution in [3.63, 3.8) is 0 Å². The van der Waals surface area contributed by atoms with Gasteiger partial charge in [-0.3, -0.25) is 0 Å². The van der Waals surface area contributed by atoms with Gasteiger partial charge in [-0.05, 0) is 98.5 Å². The molecule has 4 atom stereocenters. The molecule has 0 radical (unpaired) electrons. The molecule has 0 spiro atoms. The van der Waals surface area contributed by atoms with Crippen LogP contribution in [-0.4, -0.2) is 7.11 Å². The highest BCUT2D eigenvalue weighted by Gasteiger charge is 2.39. The summed E-state index contributed by atoms with van der Waals surface area (Å²) in [4.78, 5) is 0. The molecule has 0 saturated heterocycles. The molecule has 180 valence electrons. The molecule has 1 nitrogen and oxygen atoms in total. The molecular formula is C30H47FO. The van der Waals surface area contributed by atoms with Crippen LogP contribution in [0, 0.1) is 35.4 Å². The number of halogens is 1. The number of fused-ring (bicyclic) bond motifs is 1. The third kappa shape index (κ3) is 6.09. The number of benzene rings is 1. The predicted molar refractivity (Wildman–Crippen MR) is 133 cm³/mol. The van der Waals surface area contributed by atoms with E-state index in [4.69, 9.17) is 4.74 Å². The Bertz CT molecular complexity index is 692. The van der Waals surface area contributed by atoms with E-state index in [0.29, 0.717) is 11.7 Å². The van der Waals surface area contributed by atoms with Gasteiger partial charge in [0.15, 0.2) is 0 Å². The third-order valence-electron chi connectivity index (χ3n) is 9.58. The standard InChI is InChI=1S/C30H47FO/c1-3-4-5-6-7-8-22-9-11-23(12-10-22)24-13-14-26-20-27(16-15-25(26)19-24)29-18-17-28(32-2)21-30(29)31/h17-18,21-27H,3-16,19-20H2,1-2H3. The largest absolute Gasteiger partial charge is 0.497 e. The Hall–Kier alpha value is -1.05. The third-order valence-corrected chi connectivity index (χ3v) is 9.58. The molecule has 0 aromatic heterocycles. The monoisotopic (exact) mass is 442 g/mol. The normalized spacial score (nSPS) is 33.0. The maximum absolute atomic E-state index is 14.6. The molecule has 4 unspecified atom stereocenters. The SMILES string of the molecule is CCCCCCCC1CCC(C2CCC3CC(c4ccc(OC)cc4F)CCC3C2)CC1. The van der Waals surface area contributed by atoms with Gasteiger partial charge in [-0.15, -0.1) is 0 Å². The van der Waals surface area contributed by atoms with E-state index in [0.717, 1.165) is 35.2 Å². The molecule has 0 heterocycles. The van der Waals surface area contributed by atoms with Gasteiger partial charge in [-0.25, -0.2) is 4.39 Å². The Labute approximate surface area is 196 Å². The van der Waals surface area contributed by atoms with Gasteiger partial charge in [0.1, 0.15) is 11.6 Å². The number of ether oxygens (including phenoxy) is 1. The first kappa shape index (κ1) is 24.1. The van der Waals surface area contributed by atoms with Crippen LogP contribution >= 0.6 is 0 Å². The van der Waals surface area contributed by atoms with Crippen molar-refractivity contribution in [1.82, 2.24) is 0 Å². The van der Waals surface area contributed by atoms with Gasteiger partial charge < -0.3 is 4.74 Å². The molecule has 3 aliphatic carbocycles. The van der Waals surface area contributed by atoms with Crippen LogP contribution in [-0.2, 0) is 0 Å². The highest BCUT2D eigenvalue weighted by molar-refractivity contribution is 5.31. The van der Waals surface area contributed by atoms with Gasteiger partial charge in [0.05, 0.1) is 7.11 Å². The fraction of sp³-hybridized carbons (Fsp3) is 0.800. The number of methoxy groups -OCH3 is 1. The molecule has 32 heavy (non-hydrogen) atoms. The number of rotatable bonds is 9. The Morgan fingerprint density at radius 2 is 1.44 bits per heavy atom. The van der Waals surface area contributed by atoms with Gasteiger partial charge >= 0.3 is 0 Å². The molecule has 0 aliphatic heterocycles. The predicted octanol–water partition coefficient (Wildman–Crippen LogP) is 9.30. The second kappa shape index (κ2) is 11.9. The van der Waals surface area contributed by atoms with E-state index in [1.54, 1.807) is 13.2 Å². The maximum atomic E-state index is 14.6. The van der Waals surface area contributed by atoms with Gasteiger partial charge in [0, 0.05) is 6.07 Å². The van der Waals surface area contributed by atoms with Crippen molar-refractivity contribution in [2.45, 2.75) is 116 Å². The summed E-state index contributed by atoms with van der Waals surface area (Å²) in [7, 11) is 1.61. The first-order chi connectivity index (χ1) is 15.7. The smallest absolute Gasteiger partial charge is 0.130 e. The van der Waals surface area contributed by atoms with E-state index < -0.39 is 0 Å². The Kier molecular flexibility index (Phi) is 8.95. The highest BCUT2D eigenvalue weighted by atomic mass is 19.1. The molecule has 2 heteroatoms. The average Bonchev–Trinajstić information content (AvgIpc) is 2.83. The zero-order valence-corrected chi connectivity index (χ0v) is 20.8. The minimum absolute atomic E-state index is 0.0661. The lowest BCUT2D eigenvalue weighted by atomic mass is 9.60. The molecule has 3 aliphatic rings. The number of hydrogen-bond donors (Lipinski definition) is 0. The Balaban J connectivity index is 1.21. The van der Waals surface area contributed by atoms with Gasteiger partial charge in [-0.2, -0.15) is 0 Å². The summed E-state index contributed by atoms with van der Waals surface area (Å²) in [5.74, 6) is 5.72. The lowest BCUT2D eigenvalue weighted by Gasteiger charge is -2.45. The molecule has 0 N–H and O–H groups in total. The minimum Gasteiger partial charge on any atom is -0.497 e. The molecule has 3 saturated carbocycles. The number of hydrogen-bond acceptors (Lipinski definition) is 1. The highest BCUT2D eigenvalue weighted by Crippen LogP contribution is 2.51. The summed E-state index contributed by atoms with van der Waals surface area (Å²) in [6, 6.07) is 5.48. The van der Waals surface area contributed by atoms with Crippen LogP contribution in [0.2, 0.25) is 0 Å². The second-order valence-corrected chi connectivity index (χ2v) is 11.5. The first-order valence-corrected chi connectivity index (χ1v) is 14.0. The van der Waals surface area contributed by atoms with Crippen molar-refractivity contribution in [2.24, 2.45) is 29.6 Å². The quantitative estimate of drug-likeness (QED) is 0.346. The molecule has 4 rings (SSSR count). The number of unbranched alkanes of at least 4 members (excludes halogenated alkanes) is 4. The van der Waals surface area contributed by atoms with E-state index in [9.17, 15) is 4.39 Å². The zero-order valence-electron chi connectivity index (χ0n) is 20.8. The molecule has 0 bridgehead atoms. The molecule has 1 aromatic rings. The van der Waals surface area contributed by atoms with Crippen LogP contribution in [0.5, 0.6) is 5.75 Å². The van der Waals surface area contributed by atoms with Crippen molar-refractivity contribution < 1.29 is 9.13 Å². The maximum Gasteiger partial charge on any atom is 0.130 e. The summed E-state index contributed by atoms with van der Waals surface area (Å²) in [5.41, 5.74) is 0.930. The van der Waals surface area contributed by atoms with E-state index in [1.165, 1.54) is 103 Å². The van der Waals surface area contributed by atoms with Crippen molar-refractivity contribution in [3.05, 3.63) is 29.6 Å². The lowest BCUT2D eigenvalue weighted by molar-refractivity contribution is 0.0706. The van der Waals surface area contributed by atoms with E-state index in [1.807, 2.05) is 12.1 Å². The van der Waals surface area contributed by atoms with Crippen molar-refractivity contribution in [2.75, 3.05) is 7.11 Å². The summed E-state index contributed by atoms with van der Waals surface area (Å²) >= 11 is 0. The molecule has 0 amide bonds. The summed E-state index contributed by atoms with van der Waals surface area (Å²) in [6.07, 6.45) is 22.6. The van der Waals surface area contributed by atoms with Crippen LogP contribution < -0.4 is 4.74 Å². The van der Waals surface area contributed by atoms with E-state index >= 15 is 0 Å². The second-order valence-electron chi connectivity index (χ2n) is 11.5. The Morgan fingerprint density at radius 3 is 2.16 bits per heavy atom.